The number of rotatable bonds is 4. The van der Waals surface area contributed by atoms with Crippen molar-refractivity contribution in [3.8, 4) is 0 Å². The third-order valence-electron chi connectivity index (χ3n) is 4.20. The molecule has 1 saturated heterocycles. The Morgan fingerprint density at radius 2 is 2.06 bits per heavy atom. The van der Waals surface area contributed by atoms with E-state index in [0.717, 1.165) is 32.2 Å². The van der Waals surface area contributed by atoms with Crippen LogP contribution in [0.4, 0.5) is 4.79 Å². The Hall–Kier alpha value is -0.770. The van der Waals surface area contributed by atoms with Gasteiger partial charge < -0.3 is 16.0 Å². The first-order valence-corrected chi connectivity index (χ1v) is 6.99. The Morgan fingerprint density at radius 1 is 1.35 bits per heavy atom. The highest BCUT2D eigenvalue weighted by molar-refractivity contribution is 5.74. The van der Waals surface area contributed by atoms with Crippen LogP contribution >= 0.6 is 0 Å². The van der Waals surface area contributed by atoms with Gasteiger partial charge in [0.1, 0.15) is 0 Å². The van der Waals surface area contributed by atoms with Gasteiger partial charge in [0.05, 0.1) is 0 Å². The van der Waals surface area contributed by atoms with Crippen LogP contribution in [0.2, 0.25) is 0 Å². The third-order valence-corrected chi connectivity index (χ3v) is 4.20. The molecular weight excluding hydrogens is 214 g/mol. The minimum atomic E-state index is 0.0196. The van der Waals surface area contributed by atoms with Gasteiger partial charge in [0.25, 0.3) is 0 Å². The first kappa shape index (κ1) is 12.7. The molecule has 0 bridgehead atoms. The SMILES string of the molecule is CCCCNC(=O)NC1CCC2(CC1)CNC2. The molecule has 0 aromatic heterocycles. The second kappa shape index (κ2) is 5.71. The fourth-order valence-electron chi connectivity index (χ4n) is 2.82. The molecular formula is C13H25N3O. The molecule has 0 atom stereocenters. The van der Waals surface area contributed by atoms with Gasteiger partial charge in [-0.05, 0) is 37.5 Å². The highest BCUT2D eigenvalue weighted by Crippen LogP contribution is 2.39. The van der Waals surface area contributed by atoms with Crippen molar-refractivity contribution in [3.63, 3.8) is 0 Å². The van der Waals surface area contributed by atoms with Crippen LogP contribution in [0.1, 0.15) is 45.4 Å². The van der Waals surface area contributed by atoms with Gasteiger partial charge >= 0.3 is 6.03 Å². The number of hydrogen-bond acceptors (Lipinski definition) is 2. The summed E-state index contributed by atoms with van der Waals surface area (Å²) in [5.41, 5.74) is 0.580. The summed E-state index contributed by atoms with van der Waals surface area (Å²) >= 11 is 0. The Labute approximate surface area is 104 Å². The normalized spacial score (nSPS) is 23.1. The highest BCUT2D eigenvalue weighted by atomic mass is 16.2. The predicted octanol–water partition coefficient (Wildman–Crippen LogP) is 1.62. The molecule has 1 aliphatic carbocycles. The summed E-state index contributed by atoms with van der Waals surface area (Å²) < 4.78 is 0. The van der Waals surface area contributed by atoms with Crippen LogP contribution < -0.4 is 16.0 Å². The fraction of sp³-hybridized carbons (Fsp3) is 0.923. The van der Waals surface area contributed by atoms with Crippen molar-refractivity contribution < 1.29 is 4.79 Å². The van der Waals surface area contributed by atoms with Crippen LogP contribution in [0.5, 0.6) is 0 Å². The van der Waals surface area contributed by atoms with Crippen molar-refractivity contribution in [2.75, 3.05) is 19.6 Å². The maximum atomic E-state index is 11.6. The lowest BCUT2D eigenvalue weighted by Gasteiger charge is -2.47. The summed E-state index contributed by atoms with van der Waals surface area (Å²) in [7, 11) is 0. The van der Waals surface area contributed by atoms with Crippen molar-refractivity contribution >= 4 is 6.03 Å². The molecule has 98 valence electrons. The van der Waals surface area contributed by atoms with E-state index < -0.39 is 0 Å². The summed E-state index contributed by atoms with van der Waals surface area (Å²) in [6, 6.07) is 0.411. The lowest BCUT2D eigenvalue weighted by Crippen LogP contribution is -2.57. The lowest BCUT2D eigenvalue weighted by atomic mass is 9.68. The van der Waals surface area contributed by atoms with Gasteiger partial charge in [-0.15, -0.1) is 0 Å². The van der Waals surface area contributed by atoms with E-state index in [-0.39, 0.29) is 6.03 Å². The van der Waals surface area contributed by atoms with E-state index in [1.807, 2.05) is 0 Å². The van der Waals surface area contributed by atoms with Crippen LogP contribution in [0.3, 0.4) is 0 Å². The lowest BCUT2D eigenvalue weighted by molar-refractivity contribution is 0.0927. The largest absolute Gasteiger partial charge is 0.338 e. The molecule has 2 aliphatic rings. The van der Waals surface area contributed by atoms with Gasteiger partial charge in [-0.3, -0.25) is 0 Å². The van der Waals surface area contributed by atoms with E-state index in [2.05, 4.69) is 22.9 Å². The van der Waals surface area contributed by atoms with Crippen LogP contribution in [0, 0.1) is 5.41 Å². The van der Waals surface area contributed by atoms with Gasteiger partial charge in [-0.1, -0.05) is 13.3 Å². The summed E-state index contributed by atoms with van der Waals surface area (Å²) in [5, 5.41) is 9.37. The number of hydrogen-bond donors (Lipinski definition) is 3. The van der Waals surface area contributed by atoms with Gasteiger partial charge in [0.2, 0.25) is 0 Å². The molecule has 0 aromatic carbocycles. The third kappa shape index (κ3) is 3.35. The smallest absolute Gasteiger partial charge is 0.315 e. The van der Waals surface area contributed by atoms with Crippen molar-refractivity contribution in [2.45, 2.75) is 51.5 Å². The molecule has 17 heavy (non-hydrogen) atoms. The molecule has 2 rings (SSSR count). The summed E-state index contributed by atoms with van der Waals surface area (Å²) in [6.45, 7) is 5.29. The second-order valence-electron chi connectivity index (χ2n) is 5.63. The Kier molecular flexibility index (Phi) is 4.26. The minimum absolute atomic E-state index is 0.0196. The first-order valence-electron chi connectivity index (χ1n) is 6.99. The Morgan fingerprint density at radius 3 is 2.59 bits per heavy atom. The van der Waals surface area contributed by atoms with E-state index >= 15 is 0 Å². The standard InChI is InChI=1S/C13H25N3O/c1-2-3-8-15-12(17)16-11-4-6-13(7-5-11)9-14-10-13/h11,14H,2-10H2,1H3,(H2,15,16,17). The zero-order valence-electron chi connectivity index (χ0n) is 10.8. The zero-order valence-corrected chi connectivity index (χ0v) is 10.8. The minimum Gasteiger partial charge on any atom is -0.338 e. The predicted molar refractivity (Wildman–Crippen MR) is 69.0 cm³/mol. The van der Waals surface area contributed by atoms with Crippen LogP contribution in [-0.2, 0) is 0 Å². The van der Waals surface area contributed by atoms with E-state index in [0.29, 0.717) is 11.5 Å². The van der Waals surface area contributed by atoms with Gasteiger partial charge in [-0.25, -0.2) is 4.79 Å². The molecule has 0 radical (unpaired) electrons. The first-order chi connectivity index (χ1) is 8.24. The van der Waals surface area contributed by atoms with Gasteiger partial charge in [0, 0.05) is 25.7 Å². The van der Waals surface area contributed by atoms with Crippen molar-refractivity contribution in [3.05, 3.63) is 0 Å². The van der Waals surface area contributed by atoms with Crippen molar-refractivity contribution in [1.29, 1.82) is 0 Å². The molecule has 2 amide bonds. The van der Waals surface area contributed by atoms with Crippen molar-refractivity contribution in [1.82, 2.24) is 16.0 Å². The van der Waals surface area contributed by atoms with Crippen molar-refractivity contribution in [2.24, 2.45) is 5.41 Å². The molecule has 1 heterocycles. The number of carbonyl (C=O) groups is 1. The average molecular weight is 239 g/mol. The average Bonchev–Trinajstić information content (AvgIpc) is 2.28. The summed E-state index contributed by atoms with van der Waals surface area (Å²) in [4.78, 5) is 11.6. The van der Waals surface area contributed by atoms with E-state index in [9.17, 15) is 4.79 Å². The molecule has 2 fully saturated rings. The Balaban J connectivity index is 1.62. The number of carbonyl (C=O) groups excluding carboxylic acids is 1. The van der Waals surface area contributed by atoms with Gasteiger partial charge in [-0.2, -0.15) is 0 Å². The molecule has 0 aromatic rings. The molecule has 4 heteroatoms. The maximum Gasteiger partial charge on any atom is 0.315 e. The fourth-order valence-corrected chi connectivity index (χ4v) is 2.82. The molecule has 1 saturated carbocycles. The summed E-state index contributed by atoms with van der Waals surface area (Å²) in [5.74, 6) is 0. The number of nitrogens with one attached hydrogen (secondary N) is 3. The van der Waals surface area contributed by atoms with Crippen LogP contribution in [-0.4, -0.2) is 31.7 Å². The molecule has 3 N–H and O–H groups in total. The highest BCUT2D eigenvalue weighted by Gasteiger charge is 2.40. The monoisotopic (exact) mass is 239 g/mol. The number of amides is 2. The van der Waals surface area contributed by atoms with E-state index in [4.69, 9.17) is 0 Å². The van der Waals surface area contributed by atoms with Crippen LogP contribution in [0.25, 0.3) is 0 Å². The van der Waals surface area contributed by atoms with E-state index in [1.54, 1.807) is 0 Å². The van der Waals surface area contributed by atoms with E-state index in [1.165, 1.54) is 25.9 Å². The Bertz CT molecular complexity index is 253. The number of unbranched alkanes of at least 4 members (excludes halogenated alkanes) is 1. The van der Waals surface area contributed by atoms with Crippen LogP contribution in [0.15, 0.2) is 0 Å². The maximum absolute atomic E-state index is 11.6. The quantitative estimate of drug-likeness (QED) is 0.653. The molecule has 0 unspecified atom stereocenters. The molecule has 1 aliphatic heterocycles. The van der Waals surface area contributed by atoms with Gasteiger partial charge in [0.15, 0.2) is 0 Å². The second-order valence-corrected chi connectivity index (χ2v) is 5.63. The topological polar surface area (TPSA) is 53.2 Å². The molecule has 4 nitrogen and oxygen atoms in total. The zero-order chi connectivity index (χ0) is 12.1. The number of urea groups is 1. The molecule has 1 spiro atoms. The summed E-state index contributed by atoms with van der Waals surface area (Å²) in [6.07, 6.45) is 7.00.